The molecule has 0 radical (unpaired) electrons. The lowest BCUT2D eigenvalue weighted by Gasteiger charge is -2.14. The van der Waals surface area contributed by atoms with Gasteiger partial charge in [0, 0.05) is 17.5 Å². The molecular formula is C14H19N3O2. The van der Waals surface area contributed by atoms with E-state index in [2.05, 4.69) is 10.1 Å². The maximum atomic E-state index is 5.93. The first-order valence-corrected chi connectivity index (χ1v) is 6.32. The summed E-state index contributed by atoms with van der Waals surface area (Å²) in [7, 11) is 0. The van der Waals surface area contributed by atoms with Gasteiger partial charge in [0.05, 0.1) is 6.61 Å². The summed E-state index contributed by atoms with van der Waals surface area (Å²) >= 11 is 0. The molecule has 1 aromatic heterocycles. The van der Waals surface area contributed by atoms with Gasteiger partial charge in [0.2, 0.25) is 11.7 Å². The van der Waals surface area contributed by atoms with Crippen LogP contribution in [0.3, 0.4) is 0 Å². The zero-order valence-electron chi connectivity index (χ0n) is 11.5. The third kappa shape index (κ3) is 3.79. The molecule has 0 aliphatic rings. The molecular weight excluding hydrogens is 242 g/mol. The molecule has 1 aromatic carbocycles. The molecule has 0 amide bonds. The van der Waals surface area contributed by atoms with Crippen LogP contribution in [0.1, 0.15) is 26.7 Å². The maximum Gasteiger partial charge on any atom is 0.228 e. The number of aromatic nitrogens is 2. The van der Waals surface area contributed by atoms with E-state index >= 15 is 0 Å². The summed E-state index contributed by atoms with van der Waals surface area (Å²) < 4.78 is 10.7. The SMILES string of the molecule is CCOc1cccc(-c2noc(CC(C)(C)N)n2)c1. The summed E-state index contributed by atoms with van der Waals surface area (Å²) in [5, 5.41) is 3.97. The number of rotatable bonds is 5. The summed E-state index contributed by atoms with van der Waals surface area (Å²) in [6.07, 6.45) is 0.547. The highest BCUT2D eigenvalue weighted by molar-refractivity contribution is 5.56. The second-order valence-corrected chi connectivity index (χ2v) is 5.14. The van der Waals surface area contributed by atoms with Gasteiger partial charge in [-0.1, -0.05) is 17.3 Å². The van der Waals surface area contributed by atoms with Gasteiger partial charge in [-0.25, -0.2) is 0 Å². The van der Waals surface area contributed by atoms with E-state index in [0.29, 0.717) is 24.7 Å². The van der Waals surface area contributed by atoms with Crippen LogP contribution in [-0.2, 0) is 6.42 Å². The summed E-state index contributed by atoms with van der Waals surface area (Å²) in [5.41, 5.74) is 6.44. The van der Waals surface area contributed by atoms with Gasteiger partial charge in [-0.3, -0.25) is 0 Å². The zero-order valence-corrected chi connectivity index (χ0v) is 11.5. The molecule has 0 atom stereocenters. The van der Waals surface area contributed by atoms with Crippen molar-refractivity contribution in [2.24, 2.45) is 5.73 Å². The number of benzene rings is 1. The van der Waals surface area contributed by atoms with Gasteiger partial charge in [-0.05, 0) is 32.9 Å². The van der Waals surface area contributed by atoms with Gasteiger partial charge in [0.1, 0.15) is 5.75 Å². The highest BCUT2D eigenvalue weighted by Gasteiger charge is 2.17. The lowest BCUT2D eigenvalue weighted by Crippen LogP contribution is -2.34. The van der Waals surface area contributed by atoms with Crippen molar-refractivity contribution in [2.75, 3.05) is 6.61 Å². The Morgan fingerprint density at radius 3 is 2.84 bits per heavy atom. The van der Waals surface area contributed by atoms with Gasteiger partial charge in [0.15, 0.2) is 0 Å². The first-order chi connectivity index (χ1) is 8.98. The fraction of sp³-hybridized carbons (Fsp3) is 0.429. The largest absolute Gasteiger partial charge is 0.494 e. The Hall–Kier alpha value is -1.88. The van der Waals surface area contributed by atoms with Crippen LogP contribution < -0.4 is 10.5 Å². The molecule has 0 saturated heterocycles. The van der Waals surface area contributed by atoms with Gasteiger partial charge >= 0.3 is 0 Å². The van der Waals surface area contributed by atoms with Crippen molar-refractivity contribution in [3.63, 3.8) is 0 Å². The fourth-order valence-corrected chi connectivity index (χ4v) is 1.73. The Bertz CT molecular complexity index is 544. The summed E-state index contributed by atoms with van der Waals surface area (Å²) in [5.74, 6) is 1.90. The molecule has 2 N–H and O–H groups in total. The Kier molecular flexibility index (Phi) is 3.85. The molecule has 0 bridgehead atoms. The Labute approximate surface area is 112 Å². The van der Waals surface area contributed by atoms with E-state index in [1.54, 1.807) is 0 Å². The van der Waals surface area contributed by atoms with Crippen molar-refractivity contribution >= 4 is 0 Å². The third-order valence-corrected chi connectivity index (χ3v) is 2.48. The minimum atomic E-state index is -0.364. The van der Waals surface area contributed by atoms with Gasteiger partial charge in [-0.2, -0.15) is 4.98 Å². The monoisotopic (exact) mass is 261 g/mol. The van der Waals surface area contributed by atoms with Crippen molar-refractivity contribution in [3.05, 3.63) is 30.2 Å². The van der Waals surface area contributed by atoms with E-state index < -0.39 is 0 Å². The highest BCUT2D eigenvalue weighted by Crippen LogP contribution is 2.22. The fourth-order valence-electron chi connectivity index (χ4n) is 1.73. The second-order valence-electron chi connectivity index (χ2n) is 5.14. The van der Waals surface area contributed by atoms with Crippen LogP contribution in [0, 0.1) is 0 Å². The molecule has 19 heavy (non-hydrogen) atoms. The topological polar surface area (TPSA) is 74.2 Å². The van der Waals surface area contributed by atoms with Crippen molar-refractivity contribution in [2.45, 2.75) is 32.7 Å². The average molecular weight is 261 g/mol. The molecule has 5 nitrogen and oxygen atoms in total. The van der Waals surface area contributed by atoms with Crippen molar-refractivity contribution in [1.29, 1.82) is 0 Å². The Morgan fingerprint density at radius 2 is 2.16 bits per heavy atom. The van der Waals surface area contributed by atoms with Crippen molar-refractivity contribution < 1.29 is 9.26 Å². The molecule has 5 heteroatoms. The predicted molar refractivity (Wildman–Crippen MR) is 72.9 cm³/mol. The normalized spacial score (nSPS) is 11.6. The van der Waals surface area contributed by atoms with Crippen molar-refractivity contribution in [3.8, 4) is 17.1 Å². The standard InChI is InChI=1S/C14H19N3O2/c1-4-18-11-7-5-6-10(8-11)13-16-12(19-17-13)9-14(2,3)15/h5-8H,4,9,15H2,1-3H3. The second kappa shape index (κ2) is 5.40. The minimum Gasteiger partial charge on any atom is -0.494 e. The lowest BCUT2D eigenvalue weighted by atomic mass is 10.0. The molecule has 0 aliphatic carbocycles. The number of ether oxygens (including phenoxy) is 1. The van der Waals surface area contributed by atoms with E-state index in [1.807, 2.05) is 45.0 Å². The van der Waals surface area contributed by atoms with Crippen molar-refractivity contribution in [1.82, 2.24) is 10.1 Å². The Morgan fingerprint density at radius 1 is 1.37 bits per heavy atom. The maximum absolute atomic E-state index is 5.93. The number of nitrogens with two attached hydrogens (primary N) is 1. The van der Waals surface area contributed by atoms with Crippen LogP contribution >= 0.6 is 0 Å². The zero-order chi connectivity index (χ0) is 13.9. The van der Waals surface area contributed by atoms with E-state index in [-0.39, 0.29) is 5.54 Å². The molecule has 0 fully saturated rings. The van der Waals surface area contributed by atoms with Gasteiger partial charge in [0.25, 0.3) is 0 Å². The van der Waals surface area contributed by atoms with Gasteiger partial charge in [-0.15, -0.1) is 0 Å². The highest BCUT2D eigenvalue weighted by atomic mass is 16.5. The molecule has 2 rings (SSSR count). The number of hydrogen-bond donors (Lipinski definition) is 1. The molecule has 1 heterocycles. The number of nitrogens with zero attached hydrogens (tertiary/aromatic N) is 2. The van der Waals surface area contributed by atoms with E-state index in [4.69, 9.17) is 15.0 Å². The summed E-state index contributed by atoms with van der Waals surface area (Å²) in [4.78, 5) is 4.35. The van der Waals surface area contributed by atoms with Crippen LogP contribution in [0.15, 0.2) is 28.8 Å². The number of hydrogen-bond acceptors (Lipinski definition) is 5. The average Bonchev–Trinajstić information content (AvgIpc) is 2.76. The first-order valence-electron chi connectivity index (χ1n) is 6.32. The lowest BCUT2D eigenvalue weighted by molar-refractivity contribution is 0.340. The first kappa shape index (κ1) is 13.5. The molecule has 102 valence electrons. The molecule has 0 saturated carbocycles. The van der Waals surface area contributed by atoms with Crippen LogP contribution in [-0.4, -0.2) is 22.3 Å². The van der Waals surface area contributed by atoms with Crippen LogP contribution in [0.25, 0.3) is 11.4 Å². The Balaban J connectivity index is 2.20. The van der Waals surface area contributed by atoms with Crippen LogP contribution in [0.5, 0.6) is 5.75 Å². The van der Waals surface area contributed by atoms with E-state index in [1.165, 1.54) is 0 Å². The minimum absolute atomic E-state index is 0.364. The molecule has 0 aliphatic heterocycles. The summed E-state index contributed by atoms with van der Waals surface area (Å²) in [6.45, 7) is 6.42. The molecule has 0 unspecified atom stereocenters. The molecule has 2 aromatic rings. The molecule has 0 spiro atoms. The van der Waals surface area contributed by atoms with Crippen LogP contribution in [0.2, 0.25) is 0 Å². The van der Waals surface area contributed by atoms with E-state index in [9.17, 15) is 0 Å². The predicted octanol–water partition coefficient (Wildman–Crippen LogP) is 2.42. The quantitative estimate of drug-likeness (QED) is 0.894. The smallest absolute Gasteiger partial charge is 0.228 e. The van der Waals surface area contributed by atoms with Gasteiger partial charge < -0.3 is 15.0 Å². The van der Waals surface area contributed by atoms with E-state index in [0.717, 1.165) is 11.3 Å². The van der Waals surface area contributed by atoms with Crippen LogP contribution in [0.4, 0.5) is 0 Å². The summed E-state index contributed by atoms with van der Waals surface area (Å²) in [6, 6.07) is 7.62. The third-order valence-electron chi connectivity index (χ3n) is 2.48.